The van der Waals surface area contributed by atoms with Crippen LogP contribution in [0.3, 0.4) is 0 Å². The summed E-state index contributed by atoms with van der Waals surface area (Å²) < 4.78 is 11.0. The van der Waals surface area contributed by atoms with Crippen LogP contribution in [-0.2, 0) is 4.74 Å². The quantitative estimate of drug-likeness (QED) is 0.725. The summed E-state index contributed by atoms with van der Waals surface area (Å²) in [4.78, 5) is 11.8. The number of nitrogens with zero attached hydrogens (tertiary/aromatic N) is 3. The fourth-order valence-electron chi connectivity index (χ4n) is 3.22. The molecule has 0 radical (unpaired) electrons. The minimum absolute atomic E-state index is 0.688. The maximum atomic E-state index is 5.50. The molecule has 0 amide bonds. The molecule has 1 N–H and O–H groups in total. The predicted molar refractivity (Wildman–Crippen MR) is 112 cm³/mol. The van der Waals surface area contributed by atoms with Crippen molar-refractivity contribution in [1.29, 1.82) is 0 Å². The van der Waals surface area contributed by atoms with Gasteiger partial charge in [-0.25, -0.2) is 4.98 Å². The number of rotatable bonds is 5. The minimum atomic E-state index is 0.688. The predicted octanol–water partition coefficient (Wildman–Crippen LogP) is 4.04. The van der Waals surface area contributed by atoms with E-state index < -0.39 is 0 Å². The highest BCUT2D eigenvalue weighted by Gasteiger charge is 2.17. The van der Waals surface area contributed by atoms with Crippen LogP contribution < -0.4 is 15.0 Å². The summed E-state index contributed by atoms with van der Waals surface area (Å²) in [6.45, 7) is 5.00. The van der Waals surface area contributed by atoms with E-state index in [0.717, 1.165) is 47.2 Å². The van der Waals surface area contributed by atoms with Gasteiger partial charge in [0, 0.05) is 24.7 Å². The van der Waals surface area contributed by atoms with E-state index in [1.165, 1.54) is 0 Å². The molecule has 144 valence electrons. The maximum absolute atomic E-state index is 5.50. The number of methoxy groups -OCH3 is 1. The van der Waals surface area contributed by atoms with Gasteiger partial charge in [0.2, 0.25) is 5.95 Å². The lowest BCUT2D eigenvalue weighted by molar-refractivity contribution is 0.122. The van der Waals surface area contributed by atoms with Crippen molar-refractivity contribution in [3.05, 3.63) is 60.2 Å². The number of aromatic nitrogens is 2. The Morgan fingerprint density at radius 3 is 2.54 bits per heavy atom. The van der Waals surface area contributed by atoms with Gasteiger partial charge in [-0.05, 0) is 24.6 Å². The Labute approximate surface area is 165 Å². The van der Waals surface area contributed by atoms with Crippen LogP contribution in [0, 0.1) is 6.92 Å². The van der Waals surface area contributed by atoms with Gasteiger partial charge in [0.15, 0.2) is 0 Å². The van der Waals surface area contributed by atoms with Gasteiger partial charge in [-0.1, -0.05) is 36.4 Å². The van der Waals surface area contributed by atoms with Crippen LogP contribution >= 0.6 is 0 Å². The lowest BCUT2D eigenvalue weighted by atomic mass is 10.1. The van der Waals surface area contributed by atoms with Crippen LogP contribution in [-0.4, -0.2) is 43.4 Å². The first-order chi connectivity index (χ1) is 13.7. The number of hydrogen-bond donors (Lipinski definition) is 1. The molecule has 2 aromatic carbocycles. The molecule has 0 bridgehead atoms. The maximum Gasteiger partial charge on any atom is 0.228 e. The molecule has 1 fully saturated rings. The van der Waals surface area contributed by atoms with Gasteiger partial charge < -0.3 is 19.7 Å². The fraction of sp³-hybridized carbons (Fsp3) is 0.273. The van der Waals surface area contributed by atoms with Gasteiger partial charge in [-0.3, -0.25) is 0 Å². The van der Waals surface area contributed by atoms with E-state index in [4.69, 9.17) is 19.4 Å². The molecule has 4 rings (SSSR count). The largest absolute Gasteiger partial charge is 0.495 e. The van der Waals surface area contributed by atoms with Crippen molar-refractivity contribution in [2.45, 2.75) is 6.92 Å². The van der Waals surface area contributed by atoms with Crippen LogP contribution in [0.2, 0.25) is 0 Å². The monoisotopic (exact) mass is 376 g/mol. The number of hydrogen-bond acceptors (Lipinski definition) is 6. The first kappa shape index (κ1) is 18.3. The molecule has 3 aromatic rings. The number of benzene rings is 2. The van der Waals surface area contributed by atoms with E-state index in [2.05, 4.69) is 35.3 Å². The molecule has 1 aliphatic heterocycles. The summed E-state index contributed by atoms with van der Waals surface area (Å²) in [7, 11) is 1.67. The zero-order valence-corrected chi connectivity index (χ0v) is 16.2. The fourth-order valence-corrected chi connectivity index (χ4v) is 3.22. The van der Waals surface area contributed by atoms with Crippen molar-refractivity contribution in [2.24, 2.45) is 0 Å². The van der Waals surface area contributed by atoms with Crippen LogP contribution in [0.5, 0.6) is 5.75 Å². The topological polar surface area (TPSA) is 59.5 Å². The molecule has 1 saturated heterocycles. The number of nitrogens with one attached hydrogen (secondary N) is 1. The third-order valence-corrected chi connectivity index (χ3v) is 4.70. The van der Waals surface area contributed by atoms with Gasteiger partial charge in [-0.15, -0.1) is 0 Å². The SMILES string of the molecule is COc1ccc(C)cc1Nc1cc(-c2ccccc2)nc(N2CCOCC2)n1. The number of aryl methyl sites for hydroxylation is 1. The van der Waals surface area contributed by atoms with Crippen LogP contribution in [0.4, 0.5) is 17.5 Å². The zero-order chi connectivity index (χ0) is 19.3. The van der Waals surface area contributed by atoms with Gasteiger partial charge in [0.25, 0.3) is 0 Å². The first-order valence-electron chi connectivity index (χ1n) is 9.42. The standard InChI is InChI=1S/C22H24N4O2/c1-16-8-9-20(27-2)19(14-16)23-21-15-18(17-6-4-3-5-7-17)24-22(25-21)26-10-12-28-13-11-26/h3-9,14-15H,10-13H2,1-2H3,(H,23,24,25). The summed E-state index contributed by atoms with van der Waals surface area (Å²) in [5.41, 5.74) is 3.96. The molecule has 6 nitrogen and oxygen atoms in total. The van der Waals surface area contributed by atoms with E-state index in [-0.39, 0.29) is 0 Å². The highest BCUT2D eigenvalue weighted by molar-refractivity contribution is 5.70. The molecule has 0 spiro atoms. The third-order valence-electron chi connectivity index (χ3n) is 4.70. The molecule has 2 heterocycles. The highest BCUT2D eigenvalue weighted by atomic mass is 16.5. The Hall–Kier alpha value is -3.12. The lowest BCUT2D eigenvalue weighted by Gasteiger charge is -2.27. The van der Waals surface area contributed by atoms with Gasteiger partial charge in [0.1, 0.15) is 11.6 Å². The van der Waals surface area contributed by atoms with Crippen molar-refractivity contribution < 1.29 is 9.47 Å². The Morgan fingerprint density at radius 2 is 1.79 bits per heavy atom. The van der Waals surface area contributed by atoms with E-state index in [1.54, 1.807) is 7.11 Å². The average molecular weight is 376 g/mol. The van der Waals surface area contributed by atoms with E-state index in [0.29, 0.717) is 19.2 Å². The molecule has 0 unspecified atom stereocenters. The van der Waals surface area contributed by atoms with Crippen molar-refractivity contribution in [2.75, 3.05) is 43.6 Å². The Kier molecular flexibility index (Phi) is 5.39. The number of ether oxygens (including phenoxy) is 2. The normalized spacial score (nSPS) is 14.0. The number of morpholine rings is 1. The minimum Gasteiger partial charge on any atom is -0.495 e. The lowest BCUT2D eigenvalue weighted by Crippen LogP contribution is -2.37. The number of anilines is 3. The third kappa shape index (κ3) is 4.07. The molecule has 1 aliphatic rings. The second-order valence-electron chi connectivity index (χ2n) is 6.73. The second-order valence-corrected chi connectivity index (χ2v) is 6.73. The smallest absolute Gasteiger partial charge is 0.228 e. The molecule has 1 aromatic heterocycles. The van der Waals surface area contributed by atoms with Crippen LogP contribution in [0.25, 0.3) is 11.3 Å². The van der Waals surface area contributed by atoms with Crippen molar-refractivity contribution in [3.8, 4) is 17.0 Å². The van der Waals surface area contributed by atoms with Crippen LogP contribution in [0.1, 0.15) is 5.56 Å². The summed E-state index contributed by atoms with van der Waals surface area (Å²) in [6.07, 6.45) is 0. The molecular weight excluding hydrogens is 352 g/mol. The molecule has 0 saturated carbocycles. The summed E-state index contributed by atoms with van der Waals surface area (Å²) in [5, 5.41) is 3.42. The average Bonchev–Trinajstić information content (AvgIpc) is 2.75. The van der Waals surface area contributed by atoms with Crippen molar-refractivity contribution in [1.82, 2.24) is 9.97 Å². The van der Waals surface area contributed by atoms with Gasteiger partial charge in [0.05, 0.1) is 31.7 Å². The van der Waals surface area contributed by atoms with Gasteiger partial charge in [-0.2, -0.15) is 4.98 Å². The summed E-state index contributed by atoms with van der Waals surface area (Å²) in [5.74, 6) is 2.22. The molecule has 6 heteroatoms. The Balaban J connectivity index is 1.74. The molecule has 28 heavy (non-hydrogen) atoms. The molecular formula is C22H24N4O2. The van der Waals surface area contributed by atoms with E-state index in [1.807, 2.05) is 36.4 Å². The molecule has 0 atom stereocenters. The van der Waals surface area contributed by atoms with Crippen molar-refractivity contribution >= 4 is 17.5 Å². The van der Waals surface area contributed by atoms with Gasteiger partial charge >= 0.3 is 0 Å². The second kappa shape index (κ2) is 8.27. The molecule has 0 aliphatic carbocycles. The zero-order valence-electron chi connectivity index (χ0n) is 16.2. The summed E-state index contributed by atoms with van der Waals surface area (Å²) >= 11 is 0. The Morgan fingerprint density at radius 1 is 1.00 bits per heavy atom. The highest BCUT2D eigenvalue weighted by Crippen LogP contribution is 2.30. The van der Waals surface area contributed by atoms with Crippen LogP contribution in [0.15, 0.2) is 54.6 Å². The summed E-state index contributed by atoms with van der Waals surface area (Å²) in [6, 6.07) is 18.2. The van der Waals surface area contributed by atoms with E-state index in [9.17, 15) is 0 Å². The first-order valence-corrected chi connectivity index (χ1v) is 9.42. The van der Waals surface area contributed by atoms with E-state index >= 15 is 0 Å². The Bertz CT molecular complexity index is 941. The van der Waals surface area contributed by atoms with Crippen molar-refractivity contribution in [3.63, 3.8) is 0 Å².